The molecule has 1 aliphatic heterocycles. The van der Waals surface area contributed by atoms with Crippen LogP contribution < -0.4 is 14.8 Å². The van der Waals surface area contributed by atoms with Gasteiger partial charge in [-0.1, -0.05) is 0 Å². The zero-order valence-corrected chi connectivity index (χ0v) is 11.1. The molecule has 5 heteroatoms. The molecule has 0 amide bonds. The minimum absolute atomic E-state index is 0.234. The number of hydrogen-bond donors (Lipinski definition) is 1. The summed E-state index contributed by atoms with van der Waals surface area (Å²) in [6.45, 7) is 4.47. The van der Waals surface area contributed by atoms with E-state index in [4.69, 9.17) is 9.47 Å². The molecular weight excluding hydrogens is 248 g/mol. The van der Waals surface area contributed by atoms with Gasteiger partial charge >= 0.3 is 0 Å². The zero-order valence-electron chi connectivity index (χ0n) is 10.3. The highest BCUT2D eigenvalue weighted by Gasteiger charge is 2.15. The largest absolute Gasteiger partial charge is 0.454 e. The first-order chi connectivity index (χ1) is 8.74. The molecule has 18 heavy (non-hydrogen) atoms. The third kappa shape index (κ3) is 2.01. The average molecular weight is 262 g/mol. The number of nitrogens with one attached hydrogen (secondary N) is 1. The van der Waals surface area contributed by atoms with Crippen LogP contribution in [0.5, 0.6) is 11.5 Å². The second-order valence-corrected chi connectivity index (χ2v) is 5.12. The molecular formula is C13H14N2O2S. The number of fused-ring (bicyclic) bond motifs is 1. The molecule has 1 aromatic heterocycles. The van der Waals surface area contributed by atoms with E-state index in [-0.39, 0.29) is 6.04 Å². The Labute approximate surface area is 110 Å². The maximum absolute atomic E-state index is 5.36. The summed E-state index contributed by atoms with van der Waals surface area (Å²) in [7, 11) is 0. The SMILES string of the molecule is Cc1ncsc1C(C)Nc1ccc2c(c1)OCO2. The van der Waals surface area contributed by atoms with Crippen LogP contribution in [-0.2, 0) is 0 Å². The van der Waals surface area contributed by atoms with Crippen molar-refractivity contribution in [3.8, 4) is 11.5 Å². The monoisotopic (exact) mass is 262 g/mol. The predicted octanol–water partition coefficient (Wildman–Crippen LogP) is 3.35. The van der Waals surface area contributed by atoms with E-state index in [9.17, 15) is 0 Å². The van der Waals surface area contributed by atoms with Crippen LogP contribution in [0.1, 0.15) is 23.5 Å². The molecule has 94 valence electrons. The molecule has 4 nitrogen and oxygen atoms in total. The van der Waals surface area contributed by atoms with Crippen molar-refractivity contribution < 1.29 is 9.47 Å². The van der Waals surface area contributed by atoms with Crippen LogP contribution in [0.2, 0.25) is 0 Å². The number of nitrogens with zero attached hydrogens (tertiary/aromatic N) is 1. The maximum atomic E-state index is 5.36. The van der Waals surface area contributed by atoms with Crippen molar-refractivity contribution in [1.29, 1.82) is 0 Å². The second-order valence-electron chi connectivity index (χ2n) is 4.24. The van der Waals surface area contributed by atoms with Crippen LogP contribution in [0, 0.1) is 6.92 Å². The van der Waals surface area contributed by atoms with Crippen molar-refractivity contribution in [2.75, 3.05) is 12.1 Å². The summed E-state index contributed by atoms with van der Waals surface area (Å²) in [5.74, 6) is 1.61. The standard InChI is InChI=1S/C13H14N2O2S/c1-8-13(18-6-14-8)9(2)15-10-3-4-11-12(5-10)17-7-16-11/h3-6,9,15H,7H2,1-2H3. The van der Waals surface area contributed by atoms with E-state index in [1.807, 2.05) is 30.6 Å². The number of ether oxygens (including phenoxy) is 2. The summed E-state index contributed by atoms with van der Waals surface area (Å²) < 4.78 is 10.7. The fourth-order valence-electron chi connectivity index (χ4n) is 2.03. The summed E-state index contributed by atoms with van der Waals surface area (Å²) in [5, 5.41) is 3.45. The minimum Gasteiger partial charge on any atom is -0.454 e. The summed E-state index contributed by atoms with van der Waals surface area (Å²) in [4.78, 5) is 5.53. The molecule has 0 saturated heterocycles. The molecule has 0 saturated carbocycles. The van der Waals surface area contributed by atoms with Gasteiger partial charge in [0.1, 0.15) is 0 Å². The van der Waals surface area contributed by atoms with Crippen molar-refractivity contribution in [3.63, 3.8) is 0 Å². The molecule has 0 bridgehead atoms. The van der Waals surface area contributed by atoms with Crippen LogP contribution in [-0.4, -0.2) is 11.8 Å². The van der Waals surface area contributed by atoms with E-state index in [0.717, 1.165) is 22.9 Å². The number of hydrogen-bond acceptors (Lipinski definition) is 5. The molecule has 2 aromatic rings. The lowest BCUT2D eigenvalue weighted by Crippen LogP contribution is -2.06. The smallest absolute Gasteiger partial charge is 0.231 e. The number of aromatic nitrogens is 1. The number of thiazole rings is 1. The summed E-state index contributed by atoms with van der Waals surface area (Å²) in [5.41, 5.74) is 3.99. The lowest BCUT2D eigenvalue weighted by molar-refractivity contribution is 0.174. The van der Waals surface area contributed by atoms with E-state index in [1.54, 1.807) is 11.3 Å². The highest BCUT2D eigenvalue weighted by atomic mass is 32.1. The van der Waals surface area contributed by atoms with Gasteiger partial charge in [-0.05, 0) is 26.0 Å². The van der Waals surface area contributed by atoms with Crippen molar-refractivity contribution in [2.45, 2.75) is 19.9 Å². The van der Waals surface area contributed by atoms with Crippen molar-refractivity contribution >= 4 is 17.0 Å². The van der Waals surface area contributed by atoms with Gasteiger partial charge < -0.3 is 14.8 Å². The Balaban J connectivity index is 1.79. The Hall–Kier alpha value is -1.75. The quantitative estimate of drug-likeness (QED) is 0.921. The van der Waals surface area contributed by atoms with Gasteiger partial charge in [0.05, 0.1) is 17.2 Å². The van der Waals surface area contributed by atoms with E-state index in [2.05, 4.69) is 17.2 Å². The first-order valence-electron chi connectivity index (χ1n) is 5.80. The third-order valence-electron chi connectivity index (χ3n) is 2.93. The molecule has 3 rings (SSSR count). The van der Waals surface area contributed by atoms with Crippen LogP contribution in [0.25, 0.3) is 0 Å². The fourth-order valence-corrected chi connectivity index (χ4v) is 2.84. The normalized spacial score (nSPS) is 14.6. The van der Waals surface area contributed by atoms with E-state index in [0.29, 0.717) is 6.79 Å². The van der Waals surface area contributed by atoms with Crippen LogP contribution in [0.3, 0.4) is 0 Å². The van der Waals surface area contributed by atoms with E-state index >= 15 is 0 Å². The second kappa shape index (κ2) is 4.49. The third-order valence-corrected chi connectivity index (χ3v) is 4.05. The number of benzene rings is 1. The van der Waals surface area contributed by atoms with Gasteiger partial charge in [0.2, 0.25) is 6.79 Å². The lowest BCUT2D eigenvalue weighted by atomic mass is 10.2. The molecule has 0 aliphatic carbocycles. The van der Waals surface area contributed by atoms with Crippen molar-refractivity contribution in [2.24, 2.45) is 0 Å². The Bertz CT molecular complexity index is 568. The molecule has 1 aromatic carbocycles. The Morgan fingerprint density at radius 3 is 2.94 bits per heavy atom. The molecule has 2 heterocycles. The first kappa shape index (κ1) is 11.3. The van der Waals surface area contributed by atoms with Gasteiger partial charge in [-0.15, -0.1) is 11.3 Å². The summed E-state index contributed by atoms with van der Waals surface area (Å²) >= 11 is 1.67. The van der Waals surface area contributed by atoms with Crippen LogP contribution in [0.15, 0.2) is 23.7 Å². The van der Waals surface area contributed by atoms with Gasteiger partial charge in [0, 0.05) is 16.6 Å². The molecule has 1 N–H and O–H groups in total. The van der Waals surface area contributed by atoms with Crippen molar-refractivity contribution in [1.82, 2.24) is 4.98 Å². The minimum atomic E-state index is 0.234. The Morgan fingerprint density at radius 2 is 2.17 bits per heavy atom. The van der Waals surface area contributed by atoms with Gasteiger partial charge in [-0.25, -0.2) is 4.98 Å². The molecule has 1 atom stereocenters. The maximum Gasteiger partial charge on any atom is 0.231 e. The number of aryl methyl sites for hydroxylation is 1. The Kier molecular flexibility index (Phi) is 2.83. The summed E-state index contributed by atoms with van der Waals surface area (Å²) in [6.07, 6.45) is 0. The number of rotatable bonds is 3. The Morgan fingerprint density at radius 1 is 1.33 bits per heavy atom. The van der Waals surface area contributed by atoms with Crippen LogP contribution >= 0.6 is 11.3 Å². The molecule has 0 spiro atoms. The van der Waals surface area contributed by atoms with Gasteiger partial charge in [0.25, 0.3) is 0 Å². The average Bonchev–Trinajstić information content (AvgIpc) is 2.96. The molecule has 1 unspecified atom stereocenters. The van der Waals surface area contributed by atoms with E-state index < -0.39 is 0 Å². The van der Waals surface area contributed by atoms with Crippen molar-refractivity contribution in [3.05, 3.63) is 34.3 Å². The predicted molar refractivity (Wildman–Crippen MR) is 71.5 cm³/mol. The molecule has 0 radical (unpaired) electrons. The topological polar surface area (TPSA) is 43.4 Å². The molecule has 1 aliphatic rings. The van der Waals surface area contributed by atoms with Gasteiger partial charge in [-0.2, -0.15) is 0 Å². The first-order valence-corrected chi connectivity index (χ1v) is 6.68. The van der Waals surface area contributed by atoms with Gasteiger partial charge in [0.15, 0.2) is 11.5 Å². The fraction of sp³-hybridized carbons (Fsp3) is 0.308. The lowest BCUT2D eigenvalue weighted by Gasteiger charge is -2.14. The highest BCUT2D eigenvalue weighted by Crippen LogP contribution is 2.35. The van der Waals surface area contributed by atoms with E-state index in [1.165, 1.54) is 4.88 Å². The van der Waals surface area contributed by atoms with Gasteiger partial charge in [-0.3, -0.25) is 0 Å². The zero-order chi connectivity index (χ0) is 12.5. The summed E-state index contributed by atoms with van der Waals surface area (Å²) in [6, 6.07) is 6.13. The number of anilines is 1. The van der Waals surface area contributed by atoms with Crippen LogP contribution in [0.4, 0.5) is 5.69 Å². The molecule has 0 fully saturated rings. The highest BCUT2D eigenvalue weighted by molar-refractivity contribution is 7.09.